The van der Waals surface area contributed by atoms with Gasteiger partial charge in [-0.1, -0.05) is 30.3 Å². The van der Waals surface area contributed by atoms with Crippen molar-refractivity contribution in [2.75, 3.05) is 0 Å². The molecule has 2 radical (unpaired) electrons. The molecule has 0 amide bonds. The zero-order valence-corrected chi connectivity index (χ0v) is 9.28. The molecule has 0 atom stereocenters. The van der Waals surface area contributed by atoms with E-state index in [-0.39, 0.29) is 10.0 Å². The number of fused-ring (bicyclic) bond motifs is 3. The Balaban J connectivity index is 2.39. The van der Waals surface area contributed by atoms with Crippen molar-refractivity contribution in [1.29, 1.82) is 0 Å². The molecule has 0 aromatic heterocycles. The van der Waals surface area contributed by atoms with Crippen LogP contribution in [0.5, 0.6) is 5.75 Å². The van der Waals surface area contributed by atoms with Crippen molar-refractivity contribution < 1.29 is 8.54 Å². The van der Waals surface area contributed by atoms with Crippen LogP contribution in [0.25, 0.3) is 10.8 Å². The molecule has 72 valence electrons. The normalized spacial score (nSPS) is 14.3. The molecule has 15 heavy (non-hydrogen) atoms. The van der Waals surface area contributed by atoms with Crippen molar-refractivity contribution in [2.45, 2.75) is 6.92 Å². The number of carbonyl (C=O) groups excluding carboxylic acids is 1. The summed E-state index contributed by atoms with van der Waals surface area (Å²) in [6, 6.07) is 12.4. The molecule has 3 heteroatoms. The fraction of sp³-hybridized carbons (Fsp3) is 0.0833. The zero-order chi connectivity index (χ0) is 10.3. The van der Waals surface area contributed by atoms with Gasteiger partial charge in [-0.15, -0.1) is 0 Å². The fourth-order valence-electron chi connectivity index (χ4n) is 1.81. The van der Waals surface area contributed by atoms with Crippen LogP contribution in [0, 0.1) is 0 Å². The Hall–Kier alpha value is -1.61. The molecule has 0 saturated heterocycles. The van der Waals surface area contributed by atoms with Gasteiger partial charge in [0.05, 0.1) is 0 Å². The molecular weight excluding hydrogens is 204 g/mol. The van der Waals surface area contributed by atoms with Crippen molar-refractivity contribution in [3.05, 3.63) is 42.0 Å². The summed E-state index contributed by atoms with van der Waals surface area (Å²) in [6.45, 7) is 1.98. The van der Waals surface area contributed by atoms with Crippen molar-refractivity contribution >= 4 is 26.6 Å². The first-order chi connectivity index (χ1) is 7.36. The van der Waals surface area contributed by atoms with E-state index >= 15 is 0 Å². The topological polar surface area (TPSA) is 20.5 Å². The van der Waals surface area contributed by atoms with E-state index in [0.29, 0.717) is 0 Å². The van der Waals surface area contributed by atoms with E-state index in [1.165, 1.54) is 5.39 Å². The van der Waals surface area contributed by atoms with Gasteiger partial charge in [-0.05, 0) is 11.5 Å². The Morgan fingerprint density at radius 2 is 2.00 bits per heavy atom. The monoisotopic (exact) mass is 213 g/mol. The molecule has 0 aliphatic carbocycles. The first kappa shape index (κ1) is 8.68. The maximum atomic E-state index is 5.59. The van der Waals surface area contributed by atoms with Gasteiger partial charge in [0.25, 0.3) is 5.78 Å². The maximum absolute atomic E-state index is 5.59. The van der Waals surface area contributed by atoms with Crippen LogP contribution in [0.1, 0.15) is 16.6 Å². The van der Waals surface area contributed by atoms with E-state index in [2.05, 4.69) is 24.3 Å². The molecule has 1 heterocycles. The standard InChI is InChI=1S/C12H9O2Si/c1-8-10-7-6-9-4-2-3-5-11(9)12(10)14-15-13-8/h2-7H,1H3/q+1. The summed E-state index contributed by atoms with van der Waals surface area (Å²) in [4.78, 5) is 0. The van der Waals surface area contributed by atoms with E-state index in [4.69, 9.17) is 8.54 Å². The predicted octanol–water partition coefficient (Wildman–Crippen LogP) is 2.50. The highest BCUT2D eigenvalue weighted by molar-refractivity contribution is 6.23. The minimum absolute atomic E-state index is 0.0753. The van der Waals surface area contributed by atoms with Gasteiger partial charge in [-0.2, -0.15) is 0 Å². The molecule has 0 N–H and O–H groups in total. The summed E-state index contributed by atoms with van der Waals surface area (Å²) in [5.41, 5.74) is 1.06. The van der Waals surface area contributed by atoms with Crippen LogP contribution in [0.4, 0.5) is 0 Å². The Labute approximate surface area is 90.3 Å². The molecule has 0 spiro atoms. The lowest BCUT2D eigenvalue weighted by Crippen LogP contribution is -2.14. The number of hydrogen-bond donors (Lipinski definition) is 0. The molecule has 3 rings (SSSR count). The van der Waals surface area contributed by atoms with E-state index < -0.39 is 0 Å². The predicted molar refractivity (Wildman–Crippen MR) is 60.3 cm³/mol. The van der Waals surface area contributed by atoms with Crippen molar-refractivity contribution in [1.82, 2.24) is 0 Å². The average Bonchev–Trinajstić information content (AvgIpc) is 2.29. The van der Waals surface area contributed by atoms with Crippen LogP contribution in [0.3, 0.4) is 0 Å². The summed E-state index contributed by atoms with van der Waals surface area (Å²) in [6.07, 6.45) is 0. The van der Waals surface area contributed by atoms with E-state index in [0.717, 1.165) is 22.5 Å². The number of rotatable bonds is 0. The van der Waals surface area contributed by atoms with Crippen LogP contribution < -0.4 is 4.43 Å². The summed E-state index contributed by atoms with van der Waals surface area (Å²) < 4.78 is 11.0. The minimum Gasteiger partial charge on any atom is -0.459 e. The number of ketones is 1. The molecule has 0 unspecified atom stereocenters. The average molecular weight is 213 g/mol. The van der Waals surface area contributed by atoms with Crippen molar-refractivity contribution in [3.63, 3.8) is 0 Å². The van der Waals surface area contributed by atoms with Gasteiger partial charge in [-0.3, -0.25) is 0 Å². The minimum atomic E-state index is 0.0753. The maximum Gasteiger partial charge on any atom is 1.02 e. The van der Waals surface area contributed by atoms with Gasteiger partial charge < -0.3 is 8.54 Å². The molecule has 1 aliphatic rings. The van der Waals surface area contributed by atoms with Crippen LogP contribution in [0.2, 0.25) is 0 Å². The highest BCUT2D eigenvalue weighted by Crippen LogP contribution is 2.31. The molecule has 2 nitrogen and oxygen atoms in total. The smallest absolute Gasteiger partial charge is 0.459 e. The third-order valence-electron chi connectivity index (χ3n) is 2.60. The third kappa shape index (κ3) is 1.27. The van der Waals surface area contributed by atoms with Gasteiger partial charge in [0.2, 0.25) is 0 Å². The molecule has 1 aliphatic heterocycles. The largest absolute Gasteiger partial charge is 1.02 e. The fourth-order valence-corrected chi connectivity index (χ4v) is 2.39. The highest BCUT2D eigenvalue weighted by atomic mass is 28.2. The number of hydrogen-bond acceptors (Lipinski definition) is 1. The van der Waals surface area contributed by atoms with Crippen molar-refractivity contribution in [2.24, 2.45) is 0 Å². The Bertz CT molecular complexity index is 561. The second-order valence-electron chi connectivity index (χ2n) is 3.51. The van der Waals surface area contributed by atoms with Crippen LogP contribution >= 0.6 is 0 Å². The highest BCUT2D eigenvalue weighted by Gasteiger charge is 2.29. The van der Waals surface area contributed by atoms with E-state index in [1.807, 2.05) is 19.1 Å². The second-order valence-corrected chi connectivity index (χ2v) is 4.08. The van der Waals surface area contributed by atoms with Crippen LogP contribution in [-0.4, -0.2) is 15.8 Å². The summed E-state index contributed by atoms with van der Waals surface area (Å²) in [5.74, 6) is 1.90. The molecular formula is C12H9O2Si+. The summed E-state index contributed by atoms with van der Waals surface area (Å²) >= 11 is 0. The number of benzene rings is 2. The van der Waals surface area contributed by atoms with E-state index in [1.54, 1.807) is 0 Å². The van der Waals surface area contributed by atoms with E-state index in [9.17, 15) is 0 Å². The van der Waals surface area contributed by atoms with Crippen LogP contribution in [0.15, 0.2) is 36.4 Å². The van der Waals surface area contributed by atoms with Gasteiger partial charge in [0, 0.05) is 12.3 Å². The molecule has 0 saturated carbocycles. The summed E-state index contributed by atoms with van der Waals surface area (Å²) in [5, 5.41) is 2.36. The second kappa shape index (κ2) is 3.20. The van der Waals surface area contributed by atoms with Crippen LogP contribution in [-0.2, 0) is 0 Å². The Morgan fingerprint density at radius 1 is 1.13 bits per heavy atom. The lowest BCUT2D eigenvalue weighted by molar-refractivity contribution is -0.101. The molecule has 2 aromatic carbocycles. The first-order valence-electron chi connectivity index (χ1n) is 4.80. The quantitative estimate of drug-likeness (QED) is 0.486. The van der Waals surface area contributed by atoms with Gasteiger partial charge in [0.1, 0.15) is 11.3 Å². The van der Waals surface area contributed by atoms with Gasteiger partial charge in [-0.25, -0.2) is 0 Å². The third-order valence-corrected chi connectivity index (χ3v) is 3.27. The molecule has 0 bridgehead atoms. The zero-order valence-electron chi connectivity index (χ0n) is 8.28. The molecule has 2 aromatic rings. The van der Waals surface area contributed by atoms with Crippen molar-refractivity contribution in [3.8, 4) is 5.75 Å². The lowest BCUT2D eigenvalue weighted by Gasteiger charge is -2.09. The lowest BCUT2D eigenvalue weighted by atomic mass is 10.0. The summed E-state index contributed by atoms with van der Waals surface area (Å²) in [7, 11) is 0.0753. The first-order valence-corrected chi connectivity index (χ1v) is 5.62. The van der Waals surface area contributed by atoms with Gasteiger partial charge in [0.15, 0.2) is 0 Å². The van der Waals surface area contributed by atoms with Gasteiger partial charge >= 0.3 is 10.0 Å². The molecule has 0 fully saturated rings. The Morgan fingerprint density at radius 3 is 2.93 bits per heavy atom. The SMILES string of the molecule is CC1=[O+][Si]Oc2c1ccc1ccccc21. The Kier molecular flexibility index (Phi) is 1.85.